The van der Waals surface area contributed by atoms with Gasteiger partial charge >= 0.3 is 0 Å². The Morgan fingerprint density at radius 3 is 2.48 bits per heavy atom. The molecule has 0 atom stereocenters. The van der Waals surface area contributed by atoms with Crippen LogP contribution < -0.4 is 11.1 Å². The van der Waals surface area contributed by atoms with Crippen LogP contribution in [-0.2, 0) is 20.1 Å². The molecule has 0 saturated heterocycles. The second-order valence-electron chi connectivity index (χ2n) is 5.58. The lowest BCUT2D eigenvalue weighted by Gasteiger charge is -2.22. The molecule has 136 valence electrons. The molecule has 0 spiro atoms. The van der Waals surface area contributed by atoms with Gasteiger partial charge in [-0.1, -0.05) is 23.7 Å². The highest BCUT2D eigenvalue weighted by atomic mass is 127. The molecule has 2 aromatic rings. The van der Waals surface area contributed by atoms with Crippen molar-refractivity contribution in [3.8, 4) is 0 Å². The number of carbonyl (C=O) groups is 1. The summed E-state index contributed by atoms with van der Waals surface area (Å²) < 4.78 is 1.99. The number of nitrogens with two attached hydrogens (primary N) is 1. The maximum Gasteiger partial charge on any atom is 0.248 e. The topological polar surface area (TPSA) is 75.6 Å². The number of primary amides is 1. The third-order valence-corrected chi connectivity index (χ3v) is 3.94. The Bertz CT molecular complexity index is 742. The Morgan fingerprint density at radius 2 is 2.00 bits per heavy atom. The molecule has 0 aliphatic rings. The van der Waals surface area contributed by atoms with Crippen molar-refractivity contribution >= 4 is 47.4 Å². The van der Waals surface area contributed by atoms with E-state index >= 15 is 0 Å². The van der Waals surface area contributed by atoms with Gasteiger partial charge < -0.3 is 20.5 Å². The number of hydrogen-bond donors (Lipinski definition) is 2. The van der Waals surface area contributed by atoms with E-state index in [1.54, 1.807) is 19.2 Å². The number of amides is 1. The van der Waals surface area contributed by atoms with Crippen LogP contribution in [0, 0.1) is 0 Å². The van der Waals surface area contributed by atoms with Gasteiger partial charge in [-0.2, -0.15) is 0 Å². The molecule has 1 amide bonds. The van der Waals surface area contributed by atoms with E-state index in [2.05, 4.69) is 10.3 Å². The predicted molar refractivity (Wildman–Crippen MR) is 112 cm³/mol. The van der Waals surface area contributed by atoms with Crippen LogP contribution in [0.5, 0.6) is 0 Å². The molecule has 1 aromatic heterocycles. The van der Waals surface area contributed by atoms with E-state index in [1.807, 2.05) is 48.0 Å². The number of aliphatic imine (C=N–C) groups is 1. The van der Waals surface area contributed by atoms with Crippen LogP contribution in [0.25, 0.3) is 0 Å². The number of rotatable bonds is 5. The molecule has 0 aliphatic carbocycles. The Balaban J connectivity index is 0.00000312. The lowest BCUT2D eigenvalue weighted by atomic mass is 10.1. The third kappa shape index (κ3) is 5.93. The molecular weight excluding hydrogens is 453 g/mol. The molecule has 1 heterocycles. The molecule has 0 bridgehead atoms. The summed E-state index contributed by atoms with van der Waals surface area (Å²) in [6, 6.07) is 9.12. The van der Waals surface area contributed by atoms with E-state index in [4.69, 9.17) is 17.3 Å². The van der Waals surface area contributed by atoms with E-state index < -0.39 is 5.91 Å². The van der Waals surface area contributed by atoms with Gasteiger partial charge in [0.25, 0.3) is 0 Å². The van der Waals surface area contributed by atoms with Crippen molar-refractivity contribution in [1.29, 1.82) is 0 Å². The average Bonchev–Trinajstić information content (AvgIpc) is 2.85. The number of aromatic nitrogens is 1. The number of nitrogens with zero attached hydrogens (tertiary/aromatic N) is 3. The predicted octanol–water partition coefficient (Wildman–Crippen LogP) is 2.60. The van der Waals surface area contributed by atoms with Crippen molar-refractivity contribution < 1.29 is 4.79 Å². The zero-order valence-corrected chi connectivity index (χ0v) is 17.6. The highest BCUT2D eigenvalue weighted by molar-refractivity contribution is 14.0. The first-order valence-corrected chi connectivity index (χ1v) is 7.89. The molecule has 0 radical (unpaired) electrons. The van der Waals surface area contributed by atoms with Crippen molar-refractivity contribution in [2.75, 3.05) is 14.1 Å². The van der Waals surface area contributed by atoms with Crippen molar-refractivity contribution in [2.45, 2.75) is 13.1 Å². The molecule has 0 saturated carbocycles. The molecule has 0 unspecified atom stereocenters. The van der Waals surface area contributed by atoms with Gasteiger partial charge in [-0.15, -0.1) is 24.0 Å². The SMILES string of the molecule is CN=C(NCc1ccc(C(N)=O)cc1)N(C)Cc1cc(Cl)cn1C.I. The van der Waals surface area contributed by atoms with Gasteiger partial charge in [0, 0.05) is 45.1 Å². The van der Waals surface area contributed by atoms with Gasteiger partial charge in [0.05, 0.1) is 11.6 Å². The fourth-order valence-electron chi connectivity index (χ4n) is 2.39. The molecule has 0 fully saturated rings. The summed E-state index contributed by atoms with van der Waals surface area (Å²) in [5.41, 5.74) is 7.88. The molecule has 2 rings (SSSR count). The fourth-order valence-corrected chi connectivity index (χ4v) is 2.67. The molecule has 6 nitrogen and oxygen atoms in total. The molecule has 0 aliphatic heterocycles. The van der Waals surface area contributed by atoms with E-state index in [0.717, 1.165) is 22.2 Å². The molecule has 3 N–H and O–H groups in total. The highest BCUT2D eigenvalue weighted by Gasteiger charge is 2.10. The Labute approximate surface area is 170 Å². The number of guanidine groups is 1. The van der Waals surface area contributed by atoms with E-state index in [0.29, 0.717) is 18.7 Å². The van der Waals surface area contributed by atoms with Gasteiger partial charge in [-0.25, -0.2) is 0 Å². The van der Waals surface area contributed by atoms with E-state index in [-0.39, 0.29) is 24.0 Å². The average molecular weight is 476 g/mol. The minimum absolute atomic E-state index is 0. The first kappa shape index (κ1) is 21.3. The summed E-state index contributed by atoms with van der Waals surface area (Å²) in [4.78, 5) is 17.4. The Hall–Kier alpha value is -1.74. The van der Waals surface area contributed by atoms with Crippen molar-refractivity contribution in [2.24, 2.45) is 17.8 Å². The van der Waals surface area contributed by atoms with Crippen molar-refractivity contribution in [3.63, 3.8) is 0 Å². The maximum absolute atomic E-state index is 11.1. The zero-order chi connectivity index (χ0) is 17.7. The normalized spacial score (nSPS) is 11.0. The second-order valence-corrected chi connectivity index (χ2v) is 6.02. The van der Waals surface area contributed by atoms with Gasteiger partial charge in [-0.05, 0) is 23.8 Å². The summed E-state index contributed by atoms with van der Waals surface area (Å²) in [7, 11) is 5.67. The molecule has 25 heavy (non-hydrogen) atoms. The van der Waals surface area contributed by atoms with Gasteiger partial charge in [0.15, 0.2) is 5.96 Å². The monoisotopic (exact) mass is 475 g/mol. The summed E-state index contributed by atoms with van der Waals surface area (Å²) >= 11 is 6.02. The molecule has 8 heteroatoms. The number of halogens is 2. The lowest BCUT2D eigenvalue weighted by molar-refractivity contribution is 0.100. The van der Waals surface area contributed by atoms with E-state index in [1.165, 1.54) is 0 Å². The van der Waals surface area contributed by atoms with Crippen LogP contribution in [0.2, 0.25) is 5.02 Å². The van der Waals surface area contributed by atoms with E-state index in [9.17, 15) is 4.79 Å². The molecule has 1 aromatic carbocycles. The van der Waals surface area contributed by atoms with Gasteiger partial charge in [0.2, 0.25) is 5.91 Å². The smallest absolute Gasteiger partial charge is 0.248 e. The highest BCUT2D eigenvalue weighted by Crippen LogP contribution is 2.14. The fraction of sp³-hybridized carbons (Fsp3) is 0.294. The Kier molecular flexibility index (Phi) is 8.24. The number of carbonyl (C=O) groups excluding carboxylic acids is 1. The third-order valence-electron chi connectivity index (χ3n) is 3.74. The largest absolute Gasteiger partial charge is 0.366 e. The minimum atomic E-state index is -0.425. The zero-order valence-electron chi connectivity index (χ0n) is 14.5. The summed E-state index contributed by atoms with van der Waals surface area (Å²) in [6.07, 6.45) is 1.88. The lowest BCUT2D eigenvalue weighted by Crippen LogP contribution is -2.38. The second kappa shape index (κ2) is 9.67. The van der Waals surface area contributed by atoms with Crippen molar-refractivity contribution in [3.05, 3.63) is 58.4 Å². The summed E-state index contributed by atoms with van der Waals surface area (Å²) in [5, 5.41) is 4.02. The van der Waals surface area contributed by atoms with Gasteiger partial charge in [0.1, 0.15) is 0 Å². The molecular formula is C17H23ClIN5O. The van der Waals surface area contributed by atoms with Gasteiger partial charge in [-0.3, -0.25) is 9.79 Å². The maximum atomic E-state index is 11.1. The minimum Gasteiger partial charge on any atom is -0.366 e. The number of aryl methyl sites for hydroxylation is 1. The van der Waals surface area contributed by atoms with Crippen LogP contribution in [0.1, 0.15) is 21.6 Å². The number of nitrogens with one attached hydrogen (secondary N) is 1. The van der Waals surface area contributed by atoms with Crippen LogP contribution in [-0.4, -0.2) is 35.4 Å². The first-order valence-electron chi connectivity index (χ1n) is 7.52. The van der Waals surface area contributed by atoms with Crippen LogP contribution >= 0.6 is 35.6 Å². The standard InChI is InChI=1S/C17H22ClN5O.HI/c1-20-17(23(3)11-15-8-14(18)10-22(15)2)21-9-12-4-6-13(7-5-12)16(19)24;/h4-8,10H,9,11H2,1-3H3,(H2,19,24)(H,20,21);1H. The summed E-state index contributed by atoms with van der Waals surface area (Å²) in [6.45, 7) is 1.29. The Morgan fingerprint density at radius 1 is 1.36 bits per heavy atom. The first-order chi connectivity index (χ1) is 11.4. The van der Waals surface area contributed by atoms with Crippen LogP contribution in [0.4, 0.5) is 0 Å². The van der Waals surface area contributed by atoms with Crippen molar-refractivity contribution in [1.82, 2.24) is 14.8 Å². The van der Waals surface area contributed by atoms with Crippen LogP contribution in [0.15, 0.2) is 41.5 Å². The summed E-state index contributed by atoms with van der Waals surface area (Å²) in [5.74, 6) is 0.345. The number of benzene rings is 1. The van der Waals surface area contributed by atoms with Crippen LogP contribution in [0.3, 0.4) is 0 Å². The number of hydrogen-bond acceptors (Lipinski definition) is 2. The quantitative estimate of drug-likeness (QED) is 0.397.